The number of rotatable bonds is 4. The van der Waals surface area contributed by atoms with Gasteiger partial charge in [-0.2, -0.15) is 0 Å². The van der Waals surface area contributed by atoms with E-state index in [4.69, 9.17) is 0 Å². The highest BCUT2D eigenvalue weighted by molar-refractivity contribution is 5.89. The predicted octanol–water partition coefficient (Wildman–Crippen LogP) is 2.27. The summed E-state index contributed by atoms with van der Waals surface area (Å²) < 4.78 is 0. The molecule has 0 saturated heterocycles. The maximum Gasteiger partial charge on any atom is 0.319 e. The second-order valence-electron chi connectivity index (χ2n) is 3.18. The highest BCUT2D eigenvalue weighted by atomic mass is 16.2. The van der Waals surface area contributed by atoms with Gasteiger partial charge in [0.25, 0.3) is 0 Å². The SMILES string of the molecule is CCNC(=O)Nc1cccc(/C=C/C[O])c1. The zero-order valence-corrected chi connectivity index (χ0v) is 9.19. The zero-order chi connectivity index (χ0) is 11.8. The highest BCUT2D eigenvalue weighted by Gasteiger charge is 1.99. The molecule has 0 saturated carbocycles. The summed E-state index contributed by atoms with van der Waals surface area (Å²) in [6, 6.07) is 7.07. The Balaban J connectivity index is 2.67. The molecule has 0 aliphatic heterocycles. The van der Waals surface area contributed by atoms with Crippen LogP contribution in [-0.2, 0) is 5.11 Å². The van der Waals surface area contributed by atoms with E-state index < -0.39 is 0 Å². The van der Waals surface area contributed by atoms with E-state index in [1.54, 1.807) is 18.2 Å². The van der Waals surface area contributed by atoms with Gasteiger partial charge in [-0.15, -0.1) is 0 Å². The summed E-state index contributed by atoms with van der Waals surface area (Å²) in [5.41, 5.74) is 1.60. The van der Waals surface area contributed by atoms with Crippen LogP contribution in [0.5, 0.6) is 0 Å². The Morgan fingerprint density at radius 1 is 1.44 bits per heavy atom. The van der Waals surface area contributed by atoms with Crippen molar-refractivity contribution in [3.63, 3.8) is 0 Å². The van der Waals surface area contributed by atoms with Crippen molar-refractivity contribution in [1.82, 2.24) is 5.32 Å². The summed E-state index contributed by atoms with van der Waals surface area (Å²) in [5, 5.41) is 15.6. The zero-order valence-electron chi connectivity index (χ0n) is 9.19. The molecule has 1 radical (unpaired) electrons. The van der Waals surface area contributed by atoms with E-state index in [9.17, 15) is 9.90 Å². The number of hydrogen-bond acceptors (Lipinski definition) is 1. The van der Waals surface area contributed by atoms with Crippen LogP contribution in [0.25, 0.3) is 6.08 Å². The molecule has 16 heavy (non-hydrogen) atoms. The molecule has 1 rings (SSSR count). The second-order valence-corrected chi connectivity index (χ2v) is 3.18. The molecular formula is C12H15N2O2. The first-order valence-electron chi connectivity index (χ1n) is 5.16. The minimum Gasteiger partial charge on any atom is -0.338 e. The number of amides is 2. The second kappa shape index (κ2) is 6.63. The van der Waals surface area contributed by atoms with Crippen LogP contribution >= 0.6 is 0 Å². The van der Waals surface area contributed by atoms with Crippen LogP contribution in [0.2, 0.25) is 0 Å². The molecule has 1 aromatic rings. The topological polar surface area (TPSA) is 61.0 Å². The predicted molar refractivity (Wildman–Crippen MR) is 63.7 cm³/mol. The summed E-state index contributed by atoms with van der Waals surface area (Å²) in [6.07, 6.45) is 3.27. The minimum absolute atomic E-state index is 0.229. The van der Waals surface area contributed by atoms with Crippen LogP contribution in [0, 0.1) is 0 Å². The number of carbonyl (C=O) groups is 1. The molecule has 0 unspecified atom stereocenters. The number of hydrogen-bond donors (Lipinski definition) is 2. The fourth-order valence-electron chi connectivity index (χ4n) is 1.24. The first-order valence-corrected chi connectivity index (χ1v) is 5.16. The average molecular weight is 219 g/mol. The van der Waals surface area contributed by atoms with Crippen LogP contribution in [-0.4, -0.2) is 19.2 Å². The number of benzene rings is 1. The lowest BCUT2D eigenvalue weighted by Gasteiger charge is -2.06. The maximum absolute atomic E-state index is 11.2. The van der Waals surface area contributed by atoms with Gasteiger partial charge in [0, 0.05) is 12.2 Å². The fourth-order valence-corrected chi connectivity index (χ4v) is 1.24. The molecule has 4 heteroatoms. The fraction of sp³-hybridized carbons (Fsp3) is 0.250. The first kappa shape index (κ1) is 12.3. The van der Waals surface area contributed by atoms with E-state index in [1.807, 2.05) is 19.1 Å². The summed E-state index contributed by atoms with van der Waals surface area (Å²) in [4.78, 5) is 11.2. The number of anilines is 1. The summed E-state index contributed by atoms with van der Waals surface area (Å²) in [7, 11) is 0. The summed E-state index contributed by atoms with van der Waals surface area (Å²) in [6.45, 7) is 2.20. The molecule has 0 fully saturated rings. The third-order valence-corrected chi connectivity index (χ3v) is 1.89. The van der Waals surface area contributed by atoms with Gasteiger partial charge in [0.15, 0.2) is 0 Å². The van der Waals surface area contributed by atoms with Crippen LogP contribution in [0.3, 0.4) is 0 Å². The molecule has 0 atom stereocenters. The number of carbonyl (C=O) groups excluding carboxylic acids is 1. The van der Waals surface area contributed by atoms with E-state index >= 15 is 0 Å². The number of nitrogens with one attached hydrogen (secondary N) is 2. The lowest BCUT2D eigenvalue weighted by molar-refractivity contribution is 0.233. The minimum atomic E-state index is -0.242. The molecule has 0 heterocycles. The molecule has 2 N–H and O–H groups in total. The normalized spacial score (nSPS) is 10.4. The molecule has 85 valence electrons. The molecular weight excluding hydrogens is 204 g/mol. The molecule has 4 nitrogen and oxygen atoms in total. The lowest BCUT2D eigenvalue weighted by atomic mass is 10.2. The smallest absolute Gasteiger partial charge is 0.319 e. The molecule has 0 aromatic heterocycles. The van der Waals surface area contributed by atoms with Crippen LogP contribution in [0.1, 0.15) is 12.5 Å². The molecule has 0 spiro atoms. The van der Waals surface area contributed by atoms with Crippen LogP contribution in [0.4, 0.5) is 10.5 Å². The van der Waals surface area contributed by atoms with Gasteiger partial charge in [0.05, 0.1) is 0 Å². The molecule has 0 aliphatic rings. The van der Waals surface area contributed by atoms with Gasteiger partial charge in [-0.05, 0) is 24.6 Å². The lowest BCUT2D eigenvalue weighted by Crippen LogP contribution is -2.28. The summed E-state index contributed by atoms with van der Waals surface area (Å²) in [5.74, 6) is 0. The third-order valence-electron chi connectivity index (χ3n) is 1.89. The Hall–Kier alpha value is -1.81. The van der Waals surface area contributed by atoms with E-state index in [-0.39, 0.29) is 12.6 Å². The molecule has 2 amide bonds. The van der Waals surface area contributed by atoms with Gasteiger partial charge in [-0.1, -0.05) is 24.3 Å². The van der Waals surface area contributed by atoms with Crippen molar-refractivity contribution in [2.75, 3.05) is 18.5 Å². The maximum atomic E-state index is 11.2. The van der Waals surface area contributed by atoms with Gasteiger partial charge in [0.2, 0.25) is 0 Å². The van der Waals surface area contributed by atoms with Crippen molar-refractivity contribution in [1.29, 1.82) is 0 Å². The van der Waals surface area contributed by atoms with Crippen molar-refractivity contribution in [3.05, 3.63) is 35.9 Å². The monoisotopic (exact) mass is 219 g/mol. The largest absolute Gasteiger partial charge is 0.338 e. The van der Waals surface area contributed by atoms with E-state index in [2.05, 4.69) is 10.6 Å². The van der Waals surface area contributed by atoms with Crippen molar-refractivity contribution in [3.8, 4) is 0 Å². The standard InChI is InChI=1S/C12H15N2O2/c1-2-13-12(16)14-11-7-3-5-10(9-11)6-4-8-15/h3-7,9H,2,8H2,1H3,(H2,13,14,16)/b6-4+. The number of urea groups is 1. The Kier molecular flexibility index (Phi) is 5.08. The Bertz CT molecular complexity index is 375. The van der Waals surface area contributed by atoms with Gasteiger partial charge in [-0.3, -0.25) is 0 Å². The van der Waals surface area contributed by atoms with E-state index in [1.165, 1.54) is 6.08 Å². The van der Waals surface area contributed by atoms with Crippen molar-refractivity contribution in [2.24, 2.45) is 0 Å². The van der Waals surface area contributed by atoms with Crippen LogP contribution < -0.4 is 10.6 Å². The third kappa shape index (κ3) is 4.14. The van der Waals surface area contributed by atoms with Crippen LogP contribution in [0.15, 0.2) is 30.3 Å². The molecule has 1 aromatic carbocycles. The Morgan fingerprint density at radius 2 is 2.25 bits per heavy atom. The molecule has 0 bridgehead atoms. The van der Waals surface area contributed by atoms with E-state index in [0.717, 1.165) is 5.56 Å². The summed E-state index contributed by atoms with van der Waals surface area (Å²) >= 11 is 0. The Morgan fingerprint density at radius 3 is 2.94 bits per heavy atom. The van der Waals surface area contributed by atoms with Gasteiger partial charge < -0.3 is 10.6 Å². The van der Waals surface area contributed by atoms with Gasteiger partial charge in [0.1, 0.15) is 6.61 Å². The average Bonchev–Trinajstić information content (AvgIpc) is 2.27. The van der Waals surface area contributed by atoms with Gasteiger partial charge >= 0.3 is 6.03 Å². The quantitative estimate of drug-likeness (QED) is 0.801. The van der Waals surface area contributed by atoms with Gasteiger partial charge in [-0.25, -0.2) is 9.90 Å². The van der Waals surface area contributed by atoms with Crippen molar-refractivity contribution in [2.45, 2.75) is 6.92 Å². The Labute approximate surface area is 95.0 Å². The first-order chi connectivity index (χ1) is 7.76. The molecule has 0 aliphatic carbocycles. The van der Waals surface area contributed by atoms with E-state index in [0.29, 0.717) is 12.2 Å². The van der Waals surface area contributed by atoms with Crippen molar-refractivity contribution < 1.29 is 9.90 Å². The van der Waals surface area contributed by atoms with Crippen molar-refractivity contribution >= 4 is 17.8 Å². The highest BCUT2D eigenvalue weighted by Crippen LogP contribution is 2.11.